The number of benzene rings is 1. The highest BCUT2D eigenvalue weighted by Crippen LogP contribution is 2.30. The van der Waals surface area contributed by atoms with Gasteiger partial charge in [-0.05, 0) is 48.7 Å². The molecule has 1 aliphatic rings. The Morgan fingerprint density at radius 1 is 1.22 bits per heavy atom. The van der Waals surface area contributed by atoms with Gasteiger partial charge in [0.25, 0.3) is 5.91 Å². The molecule has 18 heavy (non-hydrogen) atoms. The van der Waals surface area contributed by atoms with Gasteiger partial charge in [0.1, 0.15) is 0 Å². The molecule has 2 heterocycles. The van der Waals surface area contributed by atoms with Gasteiger partial charge in [0.05, 0.1) is 0 Å². The summed E-state index contributed by atoms with van der Waals surface area (Å²) in [6, 6.07) is 10.5. The van der Waals surface area contributed by atoms with Crippen molar-refractivity contribution in [3.63, 3.8) is 0 Å². The van der Waals surface area contributed by atoms with Crippen LogP contribution in [0.4, 0.5) is 0 Å². The molecule has 2 aromatic rings. The van der Waals surface area contributed by atoms with Gasteiger partial charge in [-0.2, -0.15) is 0 Å². The highest BCUT2D eigenvalue weighted by molar-refractivity contribution is 7.15. The SMILES string of the molecule is Cc1ccc(-c2ccc3c(c2)CCN(C)C3=O)s1. The molecule has 0 fully saturated rings. The molecular weight excluding hydrogens is 242 g/mol. The Morgan fingerprint density at radius 2 is 2.06 bits per heavy atom. The summed E-state index contributed by atoms with van der Waals surface area (Å²) in [5, 5.41) is 0. The molecule has 0 aliphatic carbocycles. The Kier molecular flexibility index (Phi) is 2.71. The van der Waals surface area contributed by atoms with Crippen molar-refractivity contribution in [3.05, 3.63) is 46.3 Å². The Balaban J connectivity index is 2.04. The van der Waals surface area contributed by atoms with E-state index in [1.165, 1.54) is 20.9 Å². The van der Waals surface area contributed by atoms with Crippen molar-refractivity contribution < 1.29 is 4.79 Å². The molecule has 1 aromatic heterocycles. The number of rotatable bonds is 1. The van der Waals surface area contributed by atoms with Crippen molar-refractivity contribution in [3.8, 4) is 10.4 Å². The molecule has 1 aliphatic heterocycles. The minimum Gasteiger partial charge on any atom is -0.341 e. The van der Waals surface area contributed by atoms with Crippen LogP contribution in [0.25, 0.3) is 10.4 Å². The van der Waals surface area contributed by atoms with Gasteiger partial charge < -0.3 is 4.90 Å². The fourth-order valence-electron chi connectivity index (χ4n) is 2.35. The predicted octanol–water partition coefficient (Wildman–Crippen LogP) is 3.35. The average molecular weight is 257 g/mol. The van der Waals surface area contributed by atoms with Gasteiger partial charge in [-0.1, -0.05) is 6.07 Å². The topological polar surface area (TPSA) is 20.3 Å². The summed E-state index contributed by atoms with van der Waals surface area (Å²) in [5.74, 6) is 0.144. The summed E-state index contributed by atoms with van der Waals surface area (Å²) in [7, 11) is 1.86. The molecule has 2 nitrogen and oxygen atoms in total. The van der Waals surface area contributed by atoms with Crippen LogP contribution in [0.15, 0.2) is 30.3 Å². The summed E-state index contributed by atoms with van der Waals surface area (Å²) in [6.45, 7) is 2.93. The van der Waals surface area contributed by atoms with Gasteiger partial charge in [-0.15, -0.1) is 11.3 Å². The van der Waals surface area contributed by atoms with Crippen LogP contribution in [0.5, 0.6) is 0 Å². The first kappa shape index (κ1) is 11.5. The van der Waals surface area contributed by atoms with Crippen LogP contribution in [0.1, 0.15) is 20.8 Å². The van der Waals surface area contributed by atoms with E-state index in [1.807, 2.05) is 13.1 Å². The van der Waals surface area contributed by atoms with Crippen molar-refractivity contribution in [2.75, 3.05) is 13.6 Å². The summed E-state index contributed by atoms with van der Waals surface area (Å²) in [5.41, 5.74) is 3.27. The second-order valence-corrected chi connectivity index (χ2v) is 6.05. The van der Waals surface area contributed by atoms with E-state index in [1.54, 1.807) is 16.2 Å². The van der Waals surface area contributed by atoms with Crippen LogP contribution in [-0.4, -0.2) is 24.4 Å². The standard InChI is InChI=1S/C15H15NOS/c1-10-3-6-14(18-10)12-4-5-13-11(9-12)7-8-16(2)15(13)17/h3-6,9H,7-8H2,1-2H3. The largest absolute Gasteiger partial charge is 0.341 e. The molecule has 1 amide bonds. The van der Waals surface area contributed by atoms with Gasteiger partial charge >= 0.3 is 0 Å². The maximum Gasteiger partial charge on any atom is 0.253 e. The lowest BCUT2D eigenvalue weighted by Gasteiger charge is -2.25. The number of hydrogen-bond donors (Lipinski definition) is 0. The second-order valence-electron chi connectivity index (χ2n) is 4.76. The third kappa shape index (κ3) is 1.85. The van der Waals surface area contributed by atoms with Gasteiger partial charge in [0, 0.05) is 28.9 Å². The maximum atomic E-state index is 12.0. The van der Waals surface area contributed by atoms with E-state index in [9.17, 15) is 4.79 Å². The molecule has 0 atom stereocenters. The van der Waals surface area contributed by atoms with Crippen LogP contribution in [-0.2, 0) is 6.42 Å². The number of carbonyl (C=O) groups is 1. The molecule has 3 rings (SSSR count). The first-order chi connectivity index (χ1) is 8.65. The van der Waals surface area contributed by atoms with E-state index in [2.05, 4.69) is 31.2 Å². The molecule has 0 N–H and O–H groups in total. The average Bonchev–Trinajstić information content (AvgIpc) is 2.80. The second kappa shape index (κ2) is 4.25. The van der Waals surface area contributed by atoms with Gasteiger partial charge in [0.2, 0.25) is 0 Å². The van der Waals surface area contributed by atoms with Crippen LogP contribution in [0, 0.1) is 6.92 Å². The van der Waals surface area contributed by atoms with Crippen LogP contribution in [0.2, 0.25) is 0 Å². The fraction of sp³-hybridized carbons (Fsp3) is 0.267. The molecule has 3 heteroatoms. The molecule has 1 aromatic carbocycles. The summed E-state index contributed by atoms with van der Waals surface area (Å²) in [4.78, 5) is 16.4. The van der Waals surface area contributed by atoms with Crippen molar-refractivity contribution in [1.82, 2.24) is 4.90 Å². The zero-order chi connectivity index (χ0) is 12.7. The minimum atomic E-state index is 0.144. The molecule has 0 saturated heterocycles. The summed E-state index contributed by atoms with van der Waals surface area (Å²) < 4.78 is 0. The first-order valence-corrected chi connectivity index (χ1v) is 6.92. The van der Waals surface area contributed by atoms with E-state index >= 15 is 0 Å². The number of fused-ring (bicyclic) bond motifs is 1. The van der Waals surface area contributed by atoms with Crippen LogP contribution >= 0.6 is 11.3 Å². The van der Waals surface area contributed by atoms with Crippen molar-refractivity contribution in [2.24, 2.45) is 0 Å². The quantitative estimate of drug-likeness (QED) is 0.767. The van der Waals surface area contributed by atoms with Gasteiger partial charge in [0.15, 0.2) is 0 Å². The summed E-state index contributed by atoms with van der Waals surface area (Å²) >= 11 is 1.80. The third-order valence-electron chi connectivity index (χ3n) is 3.42. The Labute approximate surface area is 111 Å². The lowest BCUT2D eigenvalue weighted by Crippen LogP contribution is -2.34. The number of amides is 1. The van der Waals surface area contributed by atoms with E-state index in [0.717, 1.165) is 18.5 Å². The third-order valence-corrected chi connectivity index (χ3v) is 4.47. The molecule has 0 bridgehead atoms. The zero-order valence-electron chi connectivity index (χ0n) is 10.6. The monoisotopic (exact) mass is 257 g/mol. The first-order valence-electron chi connectivity index (χ1n) is 6.10. The number of thiophene rings is 1. The Morgan fingerprint density at radius 3 is 2.78 bits per heavy atom. The van der Waals surface area contributed by atoms with Crippen molar-refractivity contribution in [2.45, 2.75) is 13.3 Å². The lowest BCUT2D eigenvalue weighted by molar-refractivity contribution is 0.0781. The number of aryl methyl sites for hydroxylation is 1. The Bertz CT molecular complexity index is 615. The molecule has 0 saturated carbocycles. The lowest BCUT2D eigenvalue weighted by atomic mass is 9.96. The van der Waals surface area contributed by atoms with Crippen molar-refractivity contribution >= 4 is 17.2 Å². The van der Waals surface area contributed by atoms with E-state index < -0.39 is 0 Å². The van der Waals surface area contributed by atoms with Crippen LogP contribution < -0.4 is 0 Å². The fourth-order valence-corrected chi connectivity index (χ4v) is 3.21. The number of carbonyl (C=O) groups excluding carboxylic acids is 1. The normalized spacial score (nSPS) is 14.8. The number of likely N-dealkylation sites (N-methyl/N-ethyl adjacent to an activating group) is 1. The van der Waals surface area contributed by atoms with Crippen molar-refractivity contribution in [1.29, 1.82) is 0 Å². The number of hydrogen-bond acceptors (Lipinski definition) is 2. The smallest absolute Gasteiger partial charge is 0.253 e. The van der Waals surface area contributed by atoms with E-state index in [-0.39, 0.29) is 5.91 Å². The molecule has 0 radical (unpaired) electrons. The van der Waals surface area contributed by atoms with Gasteiger partial charge in [-0.3, -0.25) is 4.79 Å². The highest BCUT2D eigenvalue weighted by Gasteiger charge is 2.21. The van der Waals surface area contributed by atoms with Crippen LogP contribution in [0.3, 0.4) is 0 Å². The minimum absolute atomic E-state index is 0.144. The highest BCUT2D eigenvalue weighted by atomic mass is 32.1. The maximum absolute atomic E-state index is 12.0. The molecule has 0 spiro atoms. The summed E-state index contributed by atoms with van der Waals surface area (Å²) in [6.07, 6.45) is 0.954. The van der Waals surface area contributed by atoms with E-state index in [0.29, 0.717) is 0 Å². The predicted molar refractivity (Wildman–Crippen MR) is 75.2 cm³/mol. The number of nitrogens with zero attached hydrogens (tertiary/aromatic N) is 1. The molecular formula is C15H15NOS. The van der Waals surface area contributed by atoms with E-state index in [4.69, 9.17) is 0 Å². The zero-order valence-corrected chi connectivity index (χ0v) is 11.4. The van der Waals surface area contributed by atoms with Gasteiger partial charge in [-0.25, -0.2) is 0 Å². The molecule has 0 unspecified atom stereocenters. The molecule has 92 valence electrons. The Hall–Kier alpha value is -1.61.